The van der Waals surface area contributed by atoms with Crippen molar-refractivity contribution >= 4 is 11.6 Å². The van der Waals surface area contributed by atoms with Crippen LogP contribution in [0.5, 0.6) is 5.75 Å². The Morgan fingerprint density at radius 2 is 2.06 bits per heavy atom. The maximum Gasteiger partial charge on any atom is 0.128 e. The van der Waals surface area contributed by atoms with Gasteiger partial charge in [0.1, 0.15) is 18.0 Å². The Labute approximate surface area is 108 Å². The second-order valence-corrected chi connectivity index (χ2v) is 5.13. The van der Waals surface area contributed by atoms with E-state index in [1.165, 1.54) is 11.1 Å². The third-order valence-electron chi connectivity index (χ3n) is 3.31. The molecule has 1 fully saturated rings. The molecular weight excluding hydrogens is 236 g/mol. The second-order valence-electron chi connectivity index (χ2n) is 4.57. The molecule has 0 radical (unpaired) electrons. The van der Waals surface area contributed by atoms with E-state index < -0.39 is 0 Å². The summed E-state index contributed by atoms with van der Waals surface area (Å²) >= 11 is 6.11. The van der Waals surface area contributed by atoms with Gasteiger partial charge in [-0.25, -0.2) is 0 Å². The normalized spacial score (nSPS) is 27.6. The Balaban J connectivity index is 1.99. The average Bonchev–Trinajstić information content (AvgIpc) is 2.30. The molecule has 0 amide bonds. The van der Waals surface area contributed by atoms with E-state index in [4.69, 9.17) is 21.1 Å². The van der Waals surface area contributed by atoms with Crippen molar-refractivity contribution in [1.29, 1.82) is 0 Å². The summed E-state index contributed by atoms with van der Waals surface area (Å²) in [7, 11) is 0. The number of benzene rings is 1. The number of ether oxygens (including phenoxy) is 2. The molecule has 2 nitrogen and oxygen atoms in total. The van der Waals surface area contributed by atoms with E-state index in [0.717, 1.165) is 12.2 Å². The Morgan fingerprint density at radius 3 is 2.65 bits per heavy atom. The Hall–Kier alpha value is -0.730. The minimum atomic E-state index is 0.0308. The number of hydrogen-bond donors (Lipinski definition) is 0. The van der Waals surface area contributed by atoms with Crippen LogP contribution in [0.15, 0.2) is 18.2 Å². The number of alkyl halides is 1. The molecule has 1 saturated carbocycles. The molecule has 3 atom stereocenters. The molecule has 17 heavy (non-hydrogen) atoms. The van der Waals surface area contributed by atoms with E-state index in [9.17, 15) is 0 Å². The first-order chi connectivity index (χ1) is 8.11. The van der Waals surface area contributed by atoms with E-state index in [1.54, 1.807) is 0 Å². The molecule has 1 aromatic carbocycles. The fraction of sp³-hybridized carbons (Fsp3) is 0.571. The summed E-state index contributed by atoms with van der Waals surface area (Å²) in [6, 6.07) is 6.16. The highest BCUT2D eigenvalue weighted by Crippen LogP contribution is 2.33. The van der Waals surface area contributed by atoms with E-state index in [2.05, 4.69) is 26.0 Å². The fourth-order valence-corrected chi connectivity index (χ4v) is 2.42. The molecule has 1 aliphatic rings. The highest BCUT2D eigenvalue weighted by molar-refractivity contribution is 6.21. The van der Waals surface area contributed by atoms with Crippen LogP contribution in [0.25, 0.3) is 0 Å². The van der Waals surface area contributed by atoms with Gasteiger partial charge in [-0.2, -0.15) is 0 Å². The molecule has 0 N–H and O–H groups in total. The van der Waals surface area contributed by atoms with E-state index in [1.807, 2.05) is 13.0 Å². The van der Waals surface area contributed by atoms with Gasteiger partial charge in [-0.15, -0.1) is 11.6 Å². The maximum absolute atomic E-state index is 6.11. The predicted octanol–water partition coefficient (Wildman–Crippen LogP) is 3.47. The first-order valence-electron chi connectivity index (χ1n) is 6.11. The van der Waals surface area contributed by atoms with Crippen molar-refractivity contribution in [1.82, 2.24) is 0 Å². The zero-order valence-electron chi connectivity index (χ0n) is 10.6. The molecule has 2 rings (SSSR count). The van der Waals surface area contributed by atoms with E-state index in [-0.39, 0.29) is 17.6 Å². The topological polar surface area (TPSA) is 18.5 Å². The van der Waals surface area contributed by atoms with Gasteiger partial charge in [-0.3, -0.25) is 0 Å². The first-order valence-corrected chi connectivity index (χ1v) is 6.55. The van der Waals surface area contributed by atoms with Crippen LogP contribution in [-0.4, -0.2) is 24.2 Å². The summed E-state index contributed by atoms with van der Waals surface area (Å²) in [4.78, 5) is 0. The number of halogens is 1. The molecule has 1 aromatic rings. The third-order valence-corrected chi connectivity index (χ3v) is 3.73. The number of hydrogen-bond acceptors (Lipinski definition) is 2. The van der Waals surface area contributed by atoms with Crippen molar-refractivity contribution in [3.05, 3.63) is 29.3 Å². The molecule has 0 heterocycles. The van der Waals surface area contributed by atoms with E-state index >= 15 is 0 Å². The monoisotopic (exact) mass is 254 g/mol. The van der Waals surface area contributed by atoms with Crippen molar-refractivity contribution in [2.24, 2.45) is 0 Å². The molecule has 3 unspecified atom stereocenters. The standard InChI is InChI=1S/C14H19ClO2/c1-4-16-14-12(15)8-13(14)17-11-6-5-9(2)10(3)7-11/h5-7,12-14H,4,8H2,1-3H3. The van der Waals surface area contributed by atoms with Crippen molar-refractivity contribution in [2.75, 3.05) is 6.61 Å². The smallest absolute Gasteiger partial charge is 0.128 e. The van der Waals surface area contributed by atoms with Crippen LogP contribution >= 0.6 is 11.6 Å². The molecule has 1 aliphatic carbocycles. The van der Waals surface area contributed by atoms with Crippen LogP contribution in [-0.2, 0) is 4.74 Å². The summed E-state index contributed by atoms with van der Waals surface area (Å²) in [5.74, 6) is 0.909. The first kappa shape index (κ1) is 12.7. The summed E-state index contributed by atoms with van der Waals surface area (Å²) < 4.78 is 11.5. The van der Waals surface area contributed by atoms with Crippen molar-refractivity contribution in [2.45, 2.75) is 44.8 Å². The summed E-state index contributed by atoms with van der Waals surface area (Å²) in [6.45, 7) is 6.85. The predicted molar refractivity (Wildman–Crippen MR) is 70.0 cm³/mol. The van der Waals surface area contributed by atoms with Gasteiger partial charge in [0.15, 0.2) is 0 Å². The summed E-state index contributed by atoms with van der Waals surface area (Å²) in [6.07, 6.45) is 0.988. The van der Waals surface area contributed by atoms with Gasteiger partial charge in [0.05, 0.1) is 5.38 Å². The summed E-state index contributed by atoms with van der Waals surface area (Å²) in [5, 5.41) is 0.0893. The SMILES string of the molecule is CCOC1C(Cl)CC1Oc1ccc(C)c(C)c1. The van der Waals surface area contributed by atoms with Gasteiger partial charge < -0.3 is 9.47 Å². The highest BCUT2D eigenvalue weighted by atomic mass is 35.5. The van der Waals surface area contributed by atoms with Crippen LogP contribution in [0.2, 0.25) is 0 Å². The van der Waals surface area contributed by atoms with Crippen LogP contribution in [0.3, 0.4) is 0 Å². The molecule has 0 aromatic heterocycles. The molecule has 94 valence electrons. The van der Waals surface area contributed by atoms with Crippen molar-refractivity contribution in [3.63, 3.8) is 0 Å². The molecular formula is C14H19ClO2. The van der Waals surface area contributed by atoms with Crippen LogP contribution in [0.4, 0.5) is 0 Å². The Bertz CT molecular complexity index is 392. The zero-order chi connectivity index (χ0) is 12.4. The van der Waals surface area contributed by atoms with Gasteiger partial charge in [-0.1, -0.05) is 6.07 Å². The second kappa shape index (κ2) is 5.28. The van der Waals surface area contributed by atoms with Crippen LogP contribution in [0, 0.1) is 13.8 Å². The largest absolute Gasteiger partial charge is 0.488 e. The van der Waals surface area contributed by atoms with Gasteiger partial charge in [-0.05, 0) is 44.0 Å². The average molecular weight is 255 g/mol. The molecule has 0 saturated heterocycles. The minimum Gasteiger partial charge on any atom is -0.488 e. The molecule has 0 bridgehead atoms. The van der Waals surface area contributed by atoms with Crippen molar-refractivity contribution in [3.8, 4) is 5.75 Å². The fourth-order valence-electron chi connectivity index (χ4n) is 2.01. The maximum atomic E-state index is 6.11. The van der Waals surface area contributed by atoms with Crippen LogP contribution < -0.4 is 4.74 Å². The Kier molecular flexibility index (Phi) is 3.95. The molecule has 0 aliphatic heterocycles. The van der Waals surface area contributed by atoms with Gasteiger partial charge in [0.25, 0.3) is 0 Å². The molecule has 0 spiro atoms. The lowest BCUT2D eigenvalue weighted by atomic mass is 9.91. The summed E-state index contributed by atoms with van der Waals surface area (Å²) in [5.41, 5.74) is 2.53. The lowest BCUT2D eigenvalue weighted by Crippen LogP contribution is -2.52. The van der Waals surface area contributed by atoms with Crippen molar-refractivity contribution < 1.29 is 9.47 Å². The lowest BCUT2D eigenvalue weighted by Gasteiger charge is -2.40. The highest BCUT2D eigenvalue weighted by Gasteiger charge is 2.42. The van der Waals surface area contributed by atoms with E-state index in [0.29, 0.717) is 6.61 Å². The number of aryl methyl sites for hydroxylation is 2. The van der Waals surface area contributed by atoms with Crippen LogP contribution in [0.1, 0.15) is 24.5 Å². The minimum absolute atomic E-state index is 0.0308. The quantitative estimate of drug-likeness (QED) is 0.766. The lowest BCUT2D eigenvalue weighted by molar-refractivity contribution is -0.0759. The number of rotatable bonds is 4. The zero-order valence-corrected chi connectivity index (χ0v) is 11.3. The Morgan fingerprint density at radius 1 is 1.29 bits per heavy atom. The van der Waals surface area contributed by atoms with Gasteiger partial charge in [0.2, 0.25) is 0 Å². The van der Waals surface area contributed by atoms with Gasteiger partial charge in [0, 0.05) is 13.0 Å². The third kappa shape index (κ3) is 2.75. The molecule has 3 heteroatoms. The van der Waals surface area contributed by atoms with Gasteiger partial charge >= 0.3 is 0 Å².